The van der Waals surface area contributed by atoms with E-state index in [0.29, 0.717) is 11.9 Å². The van der Waals surface area contributed by atoms with Gasteiger partial charge in [0.2, 0.25) is 0 Å². The van der Waals surface area contributed by atoms with Crippen LogP contribution in [0.2, 0.25) is 0 Å². The van der Waals surface area contributed by atoms with Gasteiger partial charge >= 0.3 is 0 Å². The highest BCUT2D eigenvalue weighted by molar-refractivity contribution is 5.85. The maximum absolute atomic E-state index is 13.2. The van der Waals surface area contributed by atoms with Crippen LogP contribution < -0.4 is 10.9 Å². The van der Waals surface area contributed by atoms with Gasteiger partial charge in [0.25, 0.3) is 5.56 Å². The first-order valence-corrected chi connectivity index (χ1v) is 11.7. The van der Waals surface area contributed by atoms with Crippen LogP contribution in [0.15, 0.2) is 53.7 Å². The summed E-state index contributed by atoms with van der Waals surface area (Å²) in [5.74, 6) is 0.862. The Labute approximate surface area is 188 Å². The molecule has 0 radical (unpaired) electrons. The molecule has 5 nitrogen and oxygen atoms in total. The number of hydrogen-bond acceptors (Lipinski definition) is 3. The lowest BCUT2D eigenvalue weighted by molar-refractivity contribution is 0.301. The quantitative estimate of drug-likeness (QED) is 0.448. The molecule has 0 bridgehead atoms. The van der Waals surface area contributed by atoms with Crippen molar-refractivity contribution in [3.05, 3.63) is 76.1 Å². The zero-order chi connectivity index (χ0) is 22.3. The van der Waals surface area contributed by atoms with Crippen molar-refractivity contribution in [2.24, 2.45) is 5.92 Å². The molecule has 0 aliphatic heterocycles. The zero-order valence-electron chi connectivity index (χ0n) is 19.2. The molecule has 166 valence electrons. The van der Waals surface area contributed by atoms with Gasteiger partial charge in [-0.3, -0.25) is 9.78 Å². The predicted octanol–water partition coefficient (Wildman–Crippen LogP) is 5.11. The second kappa shape index (κ2) is 8.21. The molecule has 0 saturated heterocycles. The first kappa shape index (κ1) is 21.0. The normalized spacial score (nSPS) is 14.8. The number of benzene rings is 1. The predicted molar refractivity (Wildman–Crippen MR) is 131 cm³/mol. The van der Waals surface area contributed by atoms with Gasteiger partial charge in [0.05, 0.1) is 11.9 Å². The van der Waals surface area contributed by atoms with Crippen LogP contribution in [-0.4, -0.2) is 21.1 Å². The third-order valence-corrected chi connectivity index (χ3v) is 6.78. The number of fused-ring (bicyclic) bond motifs is 2. The molecule has 2 N–H and O–H groups in total. The number of aromatic amines is 1. The van der Waals surface area contributed by atoms with E-state index in [1.54, 1.807) is 10.8 Å². The summed E-state index contributed by atoms with van der Waals surface area (Å²) in [5.41, 5.74) is 4.48. The Hall–Kier alpha value is -2.92. The van der Waals surface area contributed by atoms with Crippen LogP contribution in [0.3, 0.4) is 0 Å². The summed E-state index contributed by atoms with van der Waals surface area (Å²) >= 11 is 0. The van der Waals surface area contributed by atoms with Gasteiger partial charge in [-0.2, -0.15) is 0 Å². The third-order valence-electron chi connectivity index (χ3n) is 6.78. The minimum Gasteiger partial charge on any atom is -0.357 e. The van der Waals surface area contributed by atoms with Gasteiger partial charge in [-0.25, -0.2) is 0 Å². The molecular weight excluding hydrogens is 396 g/mol. The Bertz CT molecular complexity index is 1320. The van der Waals surface area contributed by atoms with Crippen LogP contribution in [0.1, 0.15) is 56.9 Å². The van der Waals surface area contributed by atoms with Gasteiger partial charge in [-0.15, -0.1) is 0 Å². The molecule has 5 rings (SSSR count). The van der Waals surface area contributed by atoms with Gasteiger partial charge in [-0.05, 0) is 70.8 Å². The molecule has 0 unspecified atom stereocenters. The Morgan fingerprint density at radius 2 is 1.97 bits per heavy atom. The Balaban J connectivity index is 1.37. The van der Waals surface area contributed by atoms with Crippen molar-refractivity contribution >= 4 is 21.7 Å². The summed E-state index contributed by atoms with van der Waals surface area (Å²) in [6.45, 7) is 8.97. The van der Waals surface area contributed by atoms with Crippen molar-refractivity contribution in [2.75, 3.05) is 6.54 Å². The number of hydrogen-bond donors (Lipinski definition) is 2. The number of aromatic nitrogens is 3. The summed E-state index contributed by atoms with van der Waals surface area (Å²) in [6, 6.07) is 10.7. The highest BCUT2D eigenvalue weighted by Gasteiger charge is 2.19. The van der Waals surface area contributed by atoms with Crippen LogP contribution >= 0.6 is 0 Å². The van der Waals surface area contributed by atoms with Crippen LogP contribution in [0.25, 0.3) is 21.7 Å². The SMILES string of the molecule is CC(C)(C)c1cncc2c(=O)n(Cc3ccc4cc(CNCC5CCC5)[nH]c4c3)ccc12. The van der Waals surface area contributed by atoms with Crippen molar-refractivity contribution in [3.8, 4) is 0 Å². The molecule has 1 fully saturated rings. The molecule has 0 amide bonds. The molecule has 1 aliphatic rings. The minimum atomic E-state index is -0.0613. The Morgan fingerprint density at radius 3 is 2.72 bits per heavy atom. The average molecular weight is 429 g/mol. The first-order valence-electron chi connectivity index (χ1n) is 11.7. The second-order valence-corrected chi connectivity index (χ2v) is 10.3. The summed E-state index contributed by atoms with van der Waals surface area (Å²) in [6.07, 6.45) is 9.60. The van der Waals surface area contributed by atoms with Gasteiger partial charge in [-0.1, -0.05) is 39.3 Å². The van der Waals surface area contributed by atoms with Crippen molar-refractivity contribution in [1.29, 1.82) is 0 Å². The van der Waals surface area contributed by atoms with E-state index >= 15 is 0 Å². The number of H-pyrrole nitrogens is 1. The van der Waals surface area contributed by atoms with Crippen LogP contribution in [0.5, 0.6) is 0 Å². The topological polar surface area (TPSA) is 62.7 Å². The molecule has 32 heavy (non-hydrogen) atoms. The largest absolute Gasteiger partial charge is 0.357 e. The van der Waals surface area contributed by atoms with E-state index in [1.165, 1.54) is 30.3 Å². The van der Waals surface area contributed by atoms with Crippen LogP contribution in [0.4, 0.5) is 0 Å². The fourth-order valence-corrected chi connectivity index (χ4v) is 4.66. The summed E-state index contributed by atoms with van der Waals surface area (Å²) in [7, 11) is 0. The minimum absolute atomic E-state index is 0.00793. The van der Waals surface area contributed by atoms with Gasteiger partial charge in [0, 0.05) is 36.3 Å². The summed E-state index contributed by atoms with van der Waals surface area (Å²) in [4.78, 5) is 21.1. The first-order chi connectivity index (χ1) is 15.4. The zero-order valence-corrected chi connectivity index (χ0v) is 19.2. The van der Waals surface area contributed by atoms with Crippen LogP contribution in [-0.2, 0) is 18.5 Å². The van der Waals surface area contributed by atoms with Crippen molar-refractivity contribution < 1.29 is 0 Å². The standard InChI is InChI=1S/C27H32N4O/c1-27(2,3)24-16-29-15-23-22(24)9-10-31(26(23)32)17-19-7-8-20-12-21(30-25(20)11-19)14-28-13-18-5-4-6-18/h7-12,15-16,18,28,30H,4-6,13-14,17H2,1-3H3. The smallest absolute Gasteiger partial charge is 0.260 e. The maximum Gasteiger partial charge on any atom is 0.260 e. The molecule has 1 saturated carbocycles. The average Bonchev–Trinajstić information content (AvgIpc) is 3.13. The Kier molecular flexibility index (Phi) is 5.38. The van der Waals surface area contributed by atoms with Gasteiger partial charge in [0.15, 0.2) is 0 Å². The lowest BCUT2D eigenvalue weighted by Crippen LogP contribution is -2.26. The fraction of sp³-hybridized carbons (Fsp3) is 0.407. The van der Waals surface area contributed by atoms with E-state index in [2.05, 4.69) is 66.4 Å². The highest BCUT2D eigenvalue weighted by Crippen LogP contribution is 2.28. The van der Waals surface area contributed by atoms with Gasteiger partial charge in [0.1, 0.15) is 0 Å². The van der Waals surface area contributed by atoms with E-state index < -0.39 is 0 Å². The second-order valence-electron chi connectivity index (χ2n) is 10.3. The number of pyridine rings is 2. The van der Waals surface area contributed by atoms with E-state index in [4.69, 9.17) is 0 Å². The molecule has 0 atom stereocenters. The van der Waals surface area contributed by atoms with Gasteiger partial charge < -0.3 is 14.9 Å². The highest BCUT2D eigenvalue weighted by atomic mass is 16.1. The number of nitrogens with one attached hydrogen (secondary N) is 2. The van der Waals surface area contributed by atoms with E-state index in [9.17, 15) is 4.79 Å². The number of rotatable bonds is 6. The Morgan fingerprint density at radius 1 is 1.12 bits per heavy atom. The third kappa shape index (κ3) is 4.09. The molecule has 3 aromatic heterocycles. The van der Waals surface area contributed by atoms with E-state index in [-0.39, 0.29) is 11.0 Å². The van der Waals surface area contributed by atoms with Crippen molar-refractivity contribution in [2.45, 2.75) is 58.5 Å². The molecule has 1 aliphatic carbocycles. The molecule has 5 heteroatoms. The lowest BCUT2D eigenvalue weighted by atomic mass is 9.85. The fourth-order valence-electron chi connectivity index (χ4n) is 4.66. The number of nitrogens with zero attached hydrogens (tertiary/aromatic N) is 2. The maximum atomic E-state index is 13.2. The summed E-state index contributed by atoms with van der Waals surface area (Å²) < 4.78 is 1.78. The summed E-state index contributed by atoms with van der Waals surface area (Å²) in [5, 5.41) is 6.46. The molecule has 1 aromatic carbocycles. The van der Waals surface area contributed by atoms with E-state index in [1.807, 2.05) is 12.4 Å². The van der Waals surface area contributed by atoms with Crippen molar-refractivity contribution in [3.63, 3.8) is 0 Å². The molecular formula is C27H32N4O. The monoisotopic (exact) mass is 428 g/mol. The lowest BCUT2D eigenvalue weighted by Gasteiger charge is -2.25. The van der Waals surface area contributed by atoms with Crippen molar-refractivity contribution in [1.82, 2.24) is 19.9 Å². The van der Waals surface area contributed by atoms with E-state index in [0.717, 1.165) is 41.0 Å². The van der Waals surface area contributed by atoms with Crippen LogP contribution in [0, 0.1) is 5.92 Å². The molecule has 4 aromatic rings. The molecule has 0 spiro atoms. The molecule has 3 heterocycles.